The average Bonchev–Trinajstić information content (AvgIpc) is 2.53. The van der Waals surface area contributed by atoms with E-state index in [1.807, 2.05) is 25.1 Å². The van der Waals surface area contributed by atoms with Crippen LogP contribution in [0.25, 0.3) is 0 Å². The van der Waals surface area contributed by atoms with Crippen molar-refractivity contribution in [3.8, 4) is 5.75 Å². The van der Waals surface area contributed by atoms with Crippen LogP contribution < -0.4 is 10.1 Å². The summed E-state index contributed by atoms with van der Waals surface area (Å²) >= 11 is 6.05. The Labute approximate surface area is 147 Å². The number of nitrogens with one attached hydrogen (secondary N) is 1. The zero-order chi connectivity index (χ0) is 16.8. The third kappa shape index (κ3) is 5.10. The van der Waals surface area contributed by atoms with Gasteiger partial charge in [0.1, 0.15) is 5.75 Å². The van der Waals surface area contributed by atoms with Crippen LogP contribution in [0.3, 0.4) is 0 Å². The summed E-state index contributed by atoms with van der Waals surface area (Å²) in [5, 5.41) is 3.07. The summed E-state index contributed by atoms with van der Waals surface area (Å²) in [6, 6.07) is 14.0. The Morgan fingerprint density at radius 1 is 1.17 bits per heavy atom. The summed E-state index contributed by atoms with van der Waals surface area (Å²) in [4.78, 5) is 23.7. The molecule has 0 aliphatic rings. The van der Waals surface area contributed by atoms with Gasteiger partial charge in [-0.3, -0.25) is 9.59 Å². The Balaban J connectivity index is 0.00000288. The van der Waals surface area contributed by atoms with E-state index in [4.69, 9.17) is 16.3 Å². The molecule has 0 radical (unpaired) electrons. The number of para-hydroxylation sites is 1. The molecule has 24 heavy (non-hydrogen) atoms. The van der Waals surface area contributed by atoms with Gasteiger partial charge in [-0.05, 0) is 43.7 Å². The molecule has 1 N–H and O–H groups in total. The third-order valence-electron chi connectivity index (χ3n) is 3.30. The fraction of sp³-hybridized carbons (Fsp3) is 0.263. The van der Waals surface area contributed by atoms with Crippen molar-refractivity contribution in [1.82, 2.24) is 0 Å². The third-order valence-corrected chi connectivity index (χ3v) is 3.61. The van der Waals surface area contributed by atoms with Gasteiger partial charge in [0.25, 0.3) is 5.91 Å². The van der Waals surface area contributed by atoms with E-state index in [1.54, 1.807) is 30.3 Å². The van der Waals surface area contributed by atoms with E-state index in [0.29, 0.717) is 28.4 Å². The fourth-order valence-corrected chi connectivity index (χ4v) is 2.40. The highest BCUT2D eigenvalue weighted by Crippen LogP contribution is 2.22. The second-order valence-corrected chi connectivity index (χ2v) is 5.48. The predicted octanol–water partition coefficient (Wildman–Crippen LogP) is 4.97. The van der Waals surface area contributed by atoms with E-state index in [0.717, 1.165) is 0 Å². The first kappa shape index (κ1) is 19.7. The minimum atomic E-state index is -0.608. The van der Waals surface area contributed by atoms with Crippen LogP contribution in [0.2, 0.25) is 5.02 Å². The molecule has 0 fully saturated rings. The molecule has 4 nitrogen and oxygen atoms in total. The number of carbonyl (C=O) groups excluding carboxylic acids is 2. The standard InChI is InChI=1S/C18H18ClNO3.CH4/c1-3-17(23-14-7-5-4-6-8-14)18(22)20-13-9-10-15(12(2)21)16(19)11-13;/h4-11,17H,3H2,1-2H3,(H,20,22);1H4. The molecule has 0 heterocycles. The van der Waals surface area contributed by atoms with Gasteiger partial charge >= 0.3 is 0 Å². The molecule has 1 unspecified atom stereocenters. The van der Waals surface area contributed by atoms with Crippen molar-refractivity contribution in [2.45, 2.75) is 33.8 Å². The molecule has 1 atom stereocenters. The lowest BCUT2D eigenvalue weighted by Crippen LogP contribution is -2.32. The van der Waals surface area contributed by atoms with Gasteiger partial charge in [0.15, 0.2) is 11.9 Å². The van der Waals surface area contributed by atoms with Crippen molar-refractivity contribution >= 4 is 29.0 Å². The minimum Gasteiger partial charge on any atom is -0.481 e. The number of anilines is 1. The first-order valence-corrected chi connectivity index (χ1v) is 7.72. The topological polar surface area (TPSA) is 55.4 Å². The smallest absolute Gasteiger partial charge is 0.265 e. The maximum absolute atomic E-state index is 12.3. The molecular weight excluding hydrogens is 326 g/mol. The monoisotopic (exact) mass is 347 g/mol. The number of ketones is 1. The summed E-state index contributed by atoms with van der Waals surface area (Å²) in [5.41, 5.74) is 0.956. The summed E-state index contributed by atoms with van der Waals surface area (Å²) < 4.78 is 5.69. The molecule has 0 aromatic heterocycles. The number of benzene rings is 2. The average molecular weight is 348 g/mol. The van der Waals surface area contributed by atoms with E-state index in [-0.39, 0.29) is 19.1 Å². The van der Waals surface area contributed by atoms with Crippen molar-refractivity contribution in [3.05, 3.63) is 59.1 Å². The molecule has 128 valence electrons. The Bertz CT molecular complexity index is 701. The number of rotatable bonds is 6. The fourth-order valence-electron chi connectivity index (χ4n) is 2.09. The molecule has 0 aliphatic heterocycles. The van der Waals surface area contributed by atoms with Crippen molar-refractivity contribution < 1.29 is 14.3 Å². The van der Waals surface area contributed by atoms with Gasteiger partial charge in [0.2, 0.25) is 0 Å². The number of Topliss-reactive ketones (excluding diaryl/α,β-unsaturated/α-hetero) is 1. The first-order valence-electron chi connectivity index (χ1n) is 7.34. The van der Waals surface area contributed by atoms with Gasteiger partial charge in [-0.15, -0.1) is 0 Å². The van der Waals surface area contributed by atoms with E-state index in [2.05, 4.69) is 5.32 Å². The van der Waals surface area contributed by atoms with Crippen LogP contribution in [0.1, 0.15) is 38.1 Å². The van der Waals surface area contributed by atoms with Gasteiger partial charge in [0, 0.05) is 11.3 Å². The molecular formula is C19H22ClNO3. The highest BCUT2D eigenvalue weighted by atomic mass is 35.5. The zero-order valence-corrected chi connectivity index (χ0v) is 13.8. The van der Waals surface area contributed by atoms with Gasteiger partial charge in [-0.1, -0.05) is 44.2 Å². The van der Waals surface area contributed by atoms with Gasteiger partial charge in [-0.2, -0.15) is 0 Å². The number of halogens is 1. The molecule has 0 spiro atoms. The lowest BCUT2D eigenvalue weighted by Gasteiger charge is -2.17. The van der Waals surface area contributed by atoms with Crippen LogP contribution in [0.15, 0.2) is 48.5 Å². The first-order chi connectivity index (χ1) is 11.0. The number of ether oxygens (including phenoxy) is 1. The number of carbonyl (C=O) groups is 2. The number of amides is 1. The highest BCUT2D eigenvalue weighted by Gasteiger charge is 2.19. The number of hydrogen-bond acceptors (Lipinski definition) is 3. The predicted molar refractivity (Wildman–Crippen MR) is 98.0 cm³/mol. The van der Waals surface area contributed by atoms with Crippen LogP contribution in [0.4, 0.5) is 5.69 Å². The van der Waals surface area contributed by atoms with Crippen LogP contribution in [-0.4, -0.2) is 17.8 Å². The largest absolute Gasteiger partial charge is 0.481 e. The second kappa shape index (κ2) is 9.08. The van der Waals surface area contributed by atoms with E-state index in [1.165, 1.54) is 6.92 Å². The molecule has 2 aromatic carbocycles. The van der Waals surface area contributed by atoms with E-state index < -0.39 is 6.10 Å². The van der Waals surface area contributed by atoms with E-state index in [9.17, 15) is 9.59 Å². The Morgan fingerprint density at radius 2 is 1.83 bits per heavy atom. The van der Waals surface area contributed by atoms with Crippen LogP contribution >= 0.6 is 11.6 Å². The summed E-state index contributed by atoms with van der Waals surface area (Å²) in [6.07, 6.45) is -0.0800. The Kier molecular flexibility index (Phi) is 7.46. The van der Waals surface area contributed by atoms with Crippen molar-refractivity contribution in [1.29, 1.82) is 0 Å². The van der Waals surface area contributed by atoms with Crippen LogP contribution in [0.5, 0.6) is 5.75 Å². The van der Waals surface area contributed by atoms with Crippen LogP contribution in [0, 0.1) is 0 Å². The lowest BCUT2D eigenvalue weighted by molar-refractivity contribution is -0.122. The molecule has 0 aliphatic carbocycles. The summed E-state index contributed by atoms with van der Waals surface area (Å²) in [5.74, 6) is 0.258. The van der Waals surface area contributed by atoms with Crippen molar-refractivity contribution in [2.24, 2.45) is 0 Å². The Morgan fingerprint density at radius 3 is 2.38 bits per heavy atom. The summed E-state index contributed by atoms with van der Waals surface area (Å²) in [6.45, 7) is 3.32. The van der Waals surface area contributed by atoms with Gasteiger partial charge in [-0.25, -0.2) is 0 Å². The summed E-state index contributed by atoms with van der Waals surface area (Å²) in [7, 11) is 0. The van der Waals surface area contributed by atoms with E-state index >= 15 is 0 Å². The van der Waals surface area contributed by atoms with Crippen molar-refractivity contribution in [2.75, 3.05) is 5.32 Å². The SMILES string of the molecule is C.CCC(Oc1ccccc1)C(=O)Nc1ccc(C(C)=O)c(Cl)c1. The molecule has 2 rings (SSSR count). The lowest BCUT2D eigenvalue weighted by atomic mass is 10.1. The number of hydrogen-bond donors (Lipinski definition) is 1. The van der Waals surface area contributed by atoms with Gasteiger partial charge < -0.3 is 10.1 Å². The van der Waals surface area contributed by atoms with Crippen LogP contribution in [-0.2, 0) is 4.79 Å². The minimum absolute atomic E-state index is 0. The molecule has 2 aromatic rings. The van der Waals surface area contributed by atoms with Gasteiger partial charge in [0.05, 0.1) is 5.02 Å². The quantitative estimate of drug-likeness (QED) is 0.750. The highest BCUT2D eigenvalue weighted by molar-refractivity contribution is 6.34. The second-order valence-electron chi connectivity index (χ2n) is 5.07. The molecule has 5 heteroatoms. The maximum atomic E-state index is 12.3. The molecule has 0 bridgehead atoms. The zero-order valence-electron chi connectivity index (χ0n) is 13.0. The Hall–Kier alpha value is -2.33. The molecule has 0 saturated carbocycles. The normalized spacial score (nSPS) is 11.1. The molecule has 1 amide bonds. The maximum Gasteiger partial charge on any atom is 0.265 e. The van der Waals surface area contributed by atoms with Crippen molar-refractivity contribution in [3.63, 3.8) is 0 Å². The molecule has 0 saturated heterocycles.